The second-order valence-electron chi connectivity index (χ2n) is 4.46. The first-order valence-corrected chi connectivity index (χ1v) is 5.12. The van der Waals surface area contributed by atoms with Crippen LogP contribution in [0.3, 0.4) is 0 Å². The number of aromatic carboxylic acids is 1. The Morgan fingerprint density at radius 3 is 2.39 bits per heavy atom. The quantitative estimate of drug-likeness (QED) is 0.841. The van der Waals surface area contributed by atoms with Gasteiger partial charge in [0, 0.05) is 6.07 Å². The predicted molar refractivity (Wildman–Crippen MR) is 60.3 cm³/mol. The molecule has 0 amide bonds. The molecule has 0 radical (unpaired) electrons. The summed E-state index contributed by atoms with van der Waals surface area (Å²) in [6.07, 6.45) is 0. The molecular formula is C12H13FO5. The smallest absolute Gasteiger partial charge is 0.335 e. The number of aliphatic carboxylic acids is 1. The minimum atomic E-state index is -1.28. The molecule has 0 aliphatic carbocycles. The van der Waals surface area contributed by atoms with E-state index in [2.05, 4.69) is 0 Å². The Kier molecular flexibility index (Phi) is 3.90. The molecule has 0 saturated carbocycles. The molecule has 18 heavy (non-hydrogen) atoms. The molecule has 0 atom stereocenters. The summed E-state index contributed by atoms with van der Waals surface area (Å²) < 4.78 is 18.2. The van der Waals surface area contributed by atoms with Crippen molar-refractivity contribution in [1.29, 1.82) is 0 Å². The number of carboxylic acids is 2. The maximum atomic E-state index is 13.1. The van der Waals surface area contributed by atoms with Crippen molar-refractivity contribution in [3.8, 4) is 5.75 Å². The largest absolute Gasteiger partial charge is 0.492 e. The van der Waals surface area contributed by atoms with Crippen molar-refractivity contribution >= 4 is 11.9 Å². The van der Waals surface area contributed by atoms with Gasteiger partial charge < -0.3 is 14.9 Å². The van der Waals surface area contributed by atoms with Gasteiger partial charge >= 0.3 is 11.9 Å². The van der Waals surface area contributed by atoms with Crippen LogP contribution in [0.15, 0.2) is 18.2 Å². The van der Waals surface area contributed by atoms with Crippen molar-refractivity contribution in [2.24, 2.45) is 5.41 Å². The van der Waals surface area contributed by atoms with Gasteiger partial charge in [-0.05, 0) is 26.0 Å². The molecular weight excluding hydrogens is 243 g/mol. The lowest BCUT2D eigenvalue weighted by Crippen LogP contribution is -2.30. The van der Waals surface area contributed by atoms with Gasteiger partial charge in [0.15, 0.2) is 0 Å². The first-order valence-electron chi connectivity index (χ1n) is 5.12. The van der Waals surface area contributed by atoms with E-state index >= 15 is 0 Å². The monoisotopic (exact) mass is 256 g/mol. The highest BCUT2D eigenvalue weighted by Crippen LogP contribution is 2.21. The molecule has 98 valence electrons. The minimum Gasteiger partial charge on any atom is -0.492 e. The fourth-order valence-electron chi connectivity index (χ4n) is 1.10. The SMILES string of the molecule is CC(C)(COc1cc(F)cc(C(=O)O)c1)C(=O)O. The molecule has 0 unspecified atom stereocenters. The second kappa shape index (κ2) is 5.03. The highest BCUT2D eigenvalue weighted by atomic mass is 19.1. The third-order valence-electron chi connectivity index (χ3n) is 2.30. The Labute approximate surface area is 103 Å². The van der Waals surface area contributed by atoms with Gasteiger partial charge in [0.25, 0.3) is 0 Å². The van der Waals surface area contributed by atoms with Crippen molar-refractivity contribution in [2.75, 3.05) is 6.61 Å². The number of halogens is 1. The maximum Gasteiger partial charge on any atom is 0.335 e. The number of rotatable bonds is 5. The standard InChI is InChI=1S/C12H13FO5/c1-12(2,11(16)17)6-18-9-4-7(10(14)15)3-8(13)5-9/h3-5H,6H2,1-2H3,(H,14,15)(H,16,17). The van der Waals surface area contributed by atoms with E-state index in [0.717, 1.165) is 18.2 Å². The first kappa shape index (κ1) is 14.0. The van der Waals surface area contributed by atoms with Crippen molar-refractivity contribution < 1.29 is 28.9 Å². The average molecular weight is 256 g/mol. The van der Waals surface area contributed by atoms with E-state index in [0.29, 0.717) is 0 Å². The van der Waals surface area contributed by atoms with Crippen LogP contribution < -0.4 is 4.74 Å². The van der Waals surface area contributed by atoms with E-state index < -0.39 is 23.2 Å². The molecule has 0 bridgehead atoms. The maximum absolute atomic E-state index is 13.1. The Bertz CT molecular complexity index is 481. The number of hydrogen-bond donors (Lipinski definition) is 2. The zero-order valence-corrected chi connectivity index (χ0v) is 9.94. The van der Waals surface area contributed by atoms with Gasteiger partial charge in [0.05, 0.1) is 11.0 Å². The summed E-state index contributed by atoms with van der Waals surface area (Å²) in [5, 5.41) is 17.6. The van der Waals surface area contributed by atoms with Crippen LogP contribution in [0.1, 0.15) is 24.2 Å². The molecule has 0 spiro atoms. The Balaban J connectivity index is 2.86. The third kappa shape index (κ3) is 3.44. The van der Waals surface area contributed by atoms with Crippen LogP contribution in [0, 0.1) is 11.2 Å². The van der Waals surface area contributed by atoms with E-state index in [1.165, 1.54) is 13.8 Å². The molecule has 1 rings (SSSR count). The van der Waals surface area contributed by atoms with E-state index in [1.807, 2.05) is 0 Å². The Morgan fingerprint density at radius 1 is 1.28 bits per heavy atom. The van der Waals surface area contributed by atoms with Gasteiger partial charge in [-0.25, -0.2) is 9.18 Å². The minimum absolute atomic E-state index is 0.0123. The third-order valence-corrected chi connectivity index (χ3v) is 2.30. The van der Waals surface area contributed by atoms with Crippen LogP contribution in [0.5, 0.6) is 5.75 Å². The number of ether oxygens (including phenoxy) is 1. The van der Waals surface area contributed by atoms with E-state index in [4.69, 9.17) is 14.9 Å². The summed E-state index contributed by atoms with van der Waals surface area (Å²) in [7, 11) is 0. The molecule has 0 aliphatic rings. The highest BCUT2D eigenvalue weighted by molar-refractivity contribution is 5.88. The molecule has 0 heterocycles. The van der Waals surface area contributed by atoms with E-state index in [1.54, 1.807) is 0 Å². The van der Waals surface area contributed by atoms with Crippen molar-refractivity contribution in [2.45, 2.75) is 13.8 Å². The lowest BCUT2D eigenvalue weighted by molar-refractivity contribution is -0.148. The summed E-state index contributed by atoms with van der Waals surface area (Å²) >= 11 is 0. The Morgan fingerprint density at radius 2 is 1.89 bits per heavy atom. The predicted octanol–water partition coefficient (Wildman–Crippen LogP) is 2.01. The lowest BCUT2D eigenvalue weighted by atomic mass is 9.95. The van der Waals surface area contributed by atoms with Crippen LogP contribution in [-0.2, 0) is 4.79 Å². The van der Waals surface area contributed by atoms with Crippen molar-refractivity contribution in [3.63, 3.8) is 0 Å². The Hall–Kier alpha value is -2.11. The van der Waals surface area contributed by atoms with Crippen LogP contribution in [0.2, 0.25) is 0 Å². The fourth-order valence-corrected chi connectivity index (χ4v) is 1.10. The molecule has 5 nitrogen and oxygen atoms in total. The molecule has 0 aliphatic heterocycles. The molecule has 2 N–H and O–H groups in total. The van der Waals surface area contributed by atoms with Gasteiger partial charge in [-0.15, -0.1) is 0 Å². The molecule has 0 saturated heterocycles. The van der Waals surface area contributed by atoms with Gasteiger partial charge in [-0.3, -0.25) is 4.79 Å². The summed E-state index contributed by atoms with van der Waals surface area (Å²) in [5.74, 6) is -3.10. The lowest BCUT2D eigenvalue weighted by Gasteiger charge is -2.19. The summed E-state index contributed by atoms with van der Waals surface area (Å²) in [4.78, 5) is 21.5. The summed E-state index contributed by atoms with van der Waals surface area (Å²) in [6, 6.07) is 3.01. The van der Waals surface area contributed by atoms with Crippen molar-refractivity contribution in [1.82, 2.24) is 0 Å². The zero-order chi connectivity index (χ0) is 13.9. The summed E-state index contributed by atoms with van der Waals surface area (Å²) in [6.45, 7) is 2.71. The van der Waals surface area contributed by atoms with Gasteiger partial charge in [-0.2, -0.15) is 0 Å². The van der Waals surface area contributed by atoms with Crippen LogP contribution >= 0.6 is 0 Å². The topological polar surface area (TPSA) is 83.8 Å². The number of benzene rings is 1. The number of carboxylic acid groups (broad SMARTS) is 2. The molecule has 1 aromatic rings. The first-order chi connectivity index (χ1) is 8.22. The average Bonchev–Trinajstić information content (AvgIpc) is 2.25. The van der Waals surface area contributed by atoms with Gasteiger partial charge in [0.1, 0.15) is 18.2 Å². The number of carbonyl (C=O) groups is 2. The summed E-state index contributed by atoms with van der Waals surface area (Å²) in [5.41, 5.74) is -1.39. The van der Waals surface area contributed by atoms with E-state index in [-0.39, 0.29) is 17.9 Å². The molecule has 6 heteroatoms. The van der Waals surface area contributed by atoms with Crippen LogP contribution in [0.4, 0.5) is 4.39 Å². The van der Waals surface area contributed by atoms with Crippen molar-refractivity contribution in [3.05, 3.63) is 29.6 Å². The van der Waals surface area contributed by atoms with Gasteiger partial charge in [-0.1, -0.05) is 0 Å². The molecule has 0 aromatic heterocycles. The normalized spacial score (nSPS) is 11.1. The second-order valence-corrected chi connectivity index (χ2v) is 4.46. The van der Waals surface area contributed by atoms with Gasteiger partial charge in [0.2, 0.25) is 0 Å². The molecule has 0 fully saturated rings. The van der Waals surface area contributed by atoms with E-state index in [9.17, 15) is 14.0 Å². The van der Waals surface area contributed by atoms with Crippen LogP contribution in [0.25, 0.3) is 0 Å². The molecule has 1 aromatic carbocycles. The fraction of sp³-hybridized carbons (Fsp3) is 0.333. The highest BCUT2D eigenvalue weighted by Gasteiger charge is 2.28. The number of hydrogen-bond acceptors (Lipinski definition) is 3. The van der Waals surface area contributed by atoms with Crippen LogP contribution in [-0.4, -0.2) is 28.8 Å². The zero-order valence-electron chi connectivity index (χ0n) is 9.94.